The van der Waals surface area contributed by atoms with Gasteiger partial charge < -0.3 is 10.1 Å². The molecule has 0 radical (unpaired) electrons. The lowest BCUT2D eigenvalue weighted by atomic mass is 10.3. The molecule has 17 heavy (non-hydrogen) atoms. The standard InChI is InChI=1S/C12H21N3O2/c1-9-7-11(3)15(14-9)6-5-12(16)13-10(2)8-17-4/h7,10H,5-6,8H2,1-4H3,(H,13,16)/t10-/m0/s1. The highest BCUT2D eigenvalue weighted by molar-refractivity contribution is 5.76. The van der Waals surface area contributed by atoms with Crippen LogP contribution in [-0.4, -0.2) is 35.4 Å². The number of rotatable bonds is 6. The van der Waals surface area contributed by atoms with Gasteiger partial charge in [-0.3, -0.25) is 9.48 Å². The molecule has 5 heteroatoms. The SMILES string of the molecule is COC[C@H](C)NC(=O)CCn1nc(C)cc1C. The lowest BCUT2D eigenvalue weighted by Crippen LogP contribution is -2.36. The predicted octanol–water partition coefficient (Wildman–Crippen LogP) is 1.04. The molecular weight excluding hydrogens is 218 g/mol. The average molecular weight is 239 g/mol. The Labute approximate surface area is 102 Å². The third-order valence-electron chi connectivity index (χ3n) is 2.48. The minimum absolute atomic E-state index is 0.0297. The molecular formula is C12H21N3O2. The minimum atomic E-state index is 0.0297. The van der Waals surface area contributed by atoms with Crippen molar-refractivity contribution in [3.8, 4) is 0 Å². The van der Waals surface area contributed by atoms with Gasteiger partial charge in [-0.2, -0.15) is 5.10 Å². The van der Waals surface area contributed by atoms with E-state index in [0.717, 1.165) is 11.4 Å². The number of aromatic nitrogens is 2. The summed E-state index contributed by atoms with van der Waals surface area (Å²) in [6.45, 7) is 7.01. The average Bonchev–Trinajstić information content (AvgIpc) is 2.54. The number of carbonyl (C=O) groups is 1. The summed E-state index contributed by atoms with van der Waals surface area (Å²) in [5.41, 5.74) is 2.07. The minimum Gasteiger partial charge on any atom is -0.383 e. The Morgan fingerprint density at radius 2 is 2.29 bits per heavy atom. The van der Waals surface area contributed by atoms with E-state index in [4.69, 9.17) is 4.74 Å². The lowest BCUT2D eigenvalue weighted by Gasteiger charge is -2.12. The highest BCUT2D eigenvalue weighted by Crippen LogP contribution is 2.02. The van der Waals surface area contributed by atoms with Gasteiger partial charge in [0.05, 0.1) is 12.3 Å². The van der Waals surface area contributed by atoms with E-state index < -0.39 is 0 Å². The molecule has 0 saturated heterocycles. The van der Waals surface area contributed by atoms with Crippen LogP contribution in [0.3, 0.4) is 0 Å². The van der Waals surface area contributed by atoms with Crippen molar-refractivity contribution >= 4 is 5.91 Å². The summed E-state index contributed by atoms with van der Waals surface area (Å²) in [5.74, 6) is 0.0297. The summed E-state index contributed by atoms with van der Waals surface area (Å²) >= 11 is 0. The second-order valence-corrected chi connectivity index (χ2v) is 4.32. The third kappa shape index (κ3) is 4.56. The highest BCUT2D eigenvalue weighted by Gasteiger charge is 2.08. The molecule has 0 bridgehead atoms. The second kappa shape index (κ2) is 6.39. The van der Waals surface area contributed by atoms with Gasteiger partial charge in [0.2, 0.25) is 5.91 Å². The van der Waals surface area contributed by atoms with Crippen molar-refractivity contribution in [3.05, 3.63) is 17.5 Å². The molecule has 96 valence electrons. The number of amides is 1. The van der Waals surface area contributed by atoms with Crippen LogP contribution in [0.25, 0.3) is 0 Å². The molecule has 1 aromatic rings. The van der Waals surface area contributed by atoms with Gasteiger partial charge in [0, 0.05) is 31.8 Å². The Bertz CT molecular complexity index is 374. The number of nitrogens with zero attached hydrogens (tertiary/aromatic N) is 2. The molecule has 1 amide bonds. The van der Waals surface area contributed by atoms with Crippen LogP contribution < -0.4 is 5.32 Å². The van der Waals surface area contributed by atoms with E-state index in [2.05, 4.69) is 10.4 Å². The number of ether oxygens (including phenoxy) is 1. The topological polar surface area (TPSA) is 56.1 Å². The largest absolute Gasteiger partial charge is 0.383 e. The molecule has 5 nitrogen and oxygen atoms in total. The summed E-state index contributed by atoms with van der Waals surface area (Å²) in [6.07, 6.45) is 0.440. The fourth-order valence-electron chi connectivity index (χ4n) is 1.75. The maximum Gasteiger partial charge on any atom is 0.222 e. The van der Waals surface area contributed by atoms with E-state index in [-0.39, 0.29) is 11.9 Å². The Morgan fingerprint density at radius 1 is 1.59 bits per heavy atom. The third-order valence-corrected chi connectivity index (χ3v) is 2.48. The van der Waals surface area contributed by atoms with Gasteiger partial charge in [-0.1, -0.05) is 0 Å². The lowest BCUT2D eigenvalue weighted by molar-refractivity contribution is -0.122. The van der Waals surface area contributed by atoms with Crippen LogP contribution in [0, 0.1) is 13.8 Å². The van der Waals surface area contributed by atoms with Crippen molar-refractivity contribution in [2.45, 2.75) is 39.8 Å². The van der Waals surface area contributed by atoms with E-state index in [1.165, 1.54) is 0 Å². The van der Waals surface area contributed by atoms with Crippen LogP contribution in [0.5, 0.6) is 0 Å². The first-order valence-electron chi connectivity index (χ1n) is 5.82. The van der Waals surface area contributed by atoms with Crippen LogP contribution in [0.1, 0.15) is 24.7 Å². The monoisotopic (exact) mass is 239 g/mol. The molecule has 0 unspecified atom stereocenters. The molecule has 0 aromatic carbocycles. The summed E-state index contributed by atoms with van der Waals surface area (Å²) < 4.78 is 6.81. The Balaban J connectivity index is 2.35. The van der Waals surface area contributed by atoms with Gasteiger partial charge in [0.15, 0.2) is 0 Å². The van der Waals surface area contributed by atoms with Gasteiger partial charge in [0.25, 0.3) is 0 Å². The van der Waals surface area contributed by atoms with Gasteiger partial charge in [0.1, 0.15) is 0 Å². The number of methoxy groups -OCH3 is 1. The first-order valence-corrected chi connectivity index (χ1v) is 5.82. The maximum absolute atomic E-state index is 11.6. The number of carbonyl (C=O) groups excluding carboxylic acids is 1. The van der Waals surface area contributed by atoms with Crippen molar-refractivity contribution in [2.24, 2.45) is 0 Å². The zero-order valence-corrected chi connectivity index (χ0v) is 11.0. The van der Waals surface area contributed by atoms with Gasteiger partial charge >= 0.3 is 0 Å². The van der Waals surface area contributed by atoms with E-state index in [1.807, 2.05) is 31.5 Å². The fourth-order valence-corrected chi connectivity index (χ4v) is 1.75. The van der Waals surface area contributed by atoms with Crippen LogP contribution in [0.2, 0.25) is 0 Å². The molecule has 1 N–H and O–H groups in total. The van der Waals surface area contributed by atoms with E-state index in [0.29, 0.717) is 19.6 Å². The molecule has 0 fully saturated rings. The van der Waals surface area contributed by atoms with Crippen molar-refractivity contribution in [2.75, 3.05) is 13.7 Å². The maximum atomic E-state index is 11.6. The molecule has 1 atom stereocenters. The van der Waals surface area contributed by atoms with Crippen molar-refractivity contribution < 1.29 is 9.53 Å². The first-order chi connectivity index (χ1) is 8.02. The number of hydrogen-bond donors (Lipinski definition) is 1. The second-order valence-electron chi connectivity index (χ2n) is 4.32. The number of nitrogens with one attached hydrogen (secondary N) is 1. The van der Waals surface area contributed by atoms with Crippen LogP contribution in [0.4, 0.5) is 0 Å². The molecule has 0 aliphatic carbocycles. The first kappa shape index (κ1) is 13.7. The quantitative estimate of drug-likeness (QED) is 0.807. The number of aryl methyl sites for hydroxylation is 3. The molecule has 0 aliphatic heterocycles. The summed E-state index contributed by atoms with van der Waals surface area (Å²) in [6, 6.07) is 2.05. The zero-order chi connectivity index (χ0) is 12.8. The van der Waals surface area contributed by atoms with Crippen LogP contribution in [-0.2, 0) is 16.1 Å². The zero-order valence-electron chi connectivity index (χ0n) is 11.0. The van der Waals surface area contributed by atoms with Crippen molar-refractivity contribution in [3.63, 3.8) is 0 Å². The normalized spacial score (nSPS) is 12.5. The summed E-state index contributed by atoms with van der Waals surface area (Å²) in [4.78, 5) is 11.6. The Morgan fingerprint density at radius 3 is 2.82 bits per heavy atom. The molecule has 0 spiro atoms. The molecule has 1 aromatic heterocycles. The van der Waals surface area contributed by atoms with Gasteiger partial charge in [-0.05, 0) is 26.8 Å². The predicted molar refractivity (Wildman–Crippen MR) is 65.8 cm³/mol. The molecule has 1 rings (SSSR count). The molecule has 0 saturated carbocycles. The molecule has 1 heterocycles. The highest BCUT2D eigenvalue weighted by atomic mass is 16.5. The van der Waals surface area contributed by atoms with Crippen molar-refractivity contribution in [1.29, 1.82) is 0 Å². The van der Waals surface area contributed by atoms with Crippen LogP contribution in [0.15, 0.2) is 6.07 Å². The van der Waals surface area contributed by atoms with Gasteiger partial charge in [-0.15, -0.1) is 0 Å². The van der Waals surface area contributed by atoms with E-state index >= 15 is 0 Å². The van der Waals surface area contributed by atoms with Gasteiger partial charge in [-0.25, -0.2) is 0 Å². The molecule has 0 aliphatic rings. The van der Waals surface area contributed by atoms with Crippen molar-refractivity contribution in [1.82, 2.24) is 15.1 Å². The Hall–Kier alpha value is -1.36. The van der Waals surface area contributed by atoms with E-state index in [9.17, 15) is 4.79 Å². The Kier molecular flexibility index (Phi) is 5.15. The summed E-state index contributed by atoms with van der Waals surface area (Å²) in [7, 11) is 1.62. The fraction of sp³-hybridized carbons (Fsp3) is 0.667. The van der Waals surface area contributed by atoms with Crippen LogP contribution >= 0.6 is 0 Å². The number of hydrogen-bond acceptors (Lipinski definition) is 3. The summed E-state index contributed by atoms with van der Waals surface area (Å²) in [5, 5.41) is 7.18. The smallest absolute Gasteiger partial charge is 0.222 e. The van der Waals surface area contributed by atoms with E-state index in [1.54, 1.807) is 7.11 Å².